The van der Waals surface area contributed by atoms with Crippen LogP contribution >= 0.6 is 0 Å². The summed E-state index contributed by atoms with van der Waals surface area (Å²) in [6.07, 6.45) is 2.96. The Bertz CT molecular complexity index is 851. The molecule has 2 fully saturated rings. The summed E-state index contributed by atoms with van der Waals surface area (Å²) in [4.78, 5) is 40.6. The maximum atomic E-state index is 12.9. The number of hydrogen-bond donors (Lipinski definition) is 1. The second kappa shape index (κ2) is 8.38. The third-order valence-corrected chi connectivity index (χ3v) is 6.89. The molecular weight excluding hydrogens is 382 g/mol. The van der Waals surface area contributed by atoms with Crippen LogP contribution in [0.4, 0.5) is 0 Å². The van der Waals surface area contributed by atoms with Gasteiger partial charge in [0, 0.05) is 24.6 Å². The number of piperidine rings is 1. The normalized spacial score (nSPS) is 28.8. The summed E-state index contributed by atoms with van der Waals surface area (Å²) in [6.45, 7) is 9.06. The molecule has 1 aromatic carbocycles. The van der Waals surface area contributed by atoms with E-state index in [4.69, 9.17) is 4.74 Å². The summed E-state index contributed by atoms with van der Waals surface area (Å²) in [5.41, 5.74) is 1.50. The van der Waals surface area contributed by atoms with Crippen molar-refractivity contribution in [1.29, 1.82) is 0 Å². The standard InChI is InChI=1S/C23H31N3O4/c1-4-25(5-2)21-14(3)6-10-19(21)30-16-7-8-17-15(12-16)13-26(23(17)29)18-9-11-20(27)24-22(18)28/h7-8,12,14,18-19,21H,4-6,9-11,13H2,1-3H3,(H,24,27,28)/t14-,18?,19+,21+/m0/s1. The highest BCUT2D eigenvalue weighted by Crippen LogP contribution is 2.35. The van der Waals surface area contributed by atoms with Gasteiger partial charge >= 0.3 is 0 Å². The Labute approximate surface area is 177 Å². The van der Waals surface area contributed by atoms with E-state index in [1.54, 1.807) is 4.90 Å². The van der Waals surface area contributed by atoms with Crippen LogP contribution in [0.5, 0.6) is 5.75 Å². The predicted octanol–water partition coefficient (Wildman–Crippen LogP) is 2.34. The maximum absolute atomic E-state index is 12.9. The number of nitrogens with zero attached hydrogens (tertiary/aromatic N) is 2. The first-order valence-corrected chi connectivity index (χ1v) is 11.1. The van der Waals surface area contributed by atoms with E-state index >= 15 is 0 Å². The van der Waals surface area contributed by atoms with Gasteiger partial charge in [-0.25, -0.2) is 0 Å². The molecule has 7 heteroatoms. The van der Waals surface area contributed by atoms with Crippen LogP contribution in [0.15, 0.2) is 18.2 Å². The number of fused-ring (bicyclic) bond motifs is 1. The molecule has 7 nitrogen and oxygen atoms in total. The monoisotopic (exact) mass is 413 g/mol. The topological polar surface area (TPSA) is 79.0 Å². The summed E-state index contributed by atoms with van der Waals surface area (Å²) in [6, 6.07) is 5.43. The summed E-state index contributed by atoms with van der Waals surface area (Å²) >= 11 is 0. The summed E-state index contributed by atoms with van der Waals surface area (Å²) in [7, 11) is 0. The molecule has 3 amide bonds. The molecule has 0 bridgehead atoms. The number of carbonyl (C=O) groups is 3. The van der Waals surface area contributed by atoms with Crippen LogP contribution in [0.3, 0.4) is 0 Å². The first kappa shape index (κ1) is 20.8. The lowest BCUT2D eigenvalue weighted by atomic mass is 10.0. The van der Waals surface area contributed by atoms with Crippen molar-refractivity contribution in [2.75, 3.05) is 13.1 Å². The minimum Gasteiger partial charge on any atom is -0.489 e. The van der Waals surface area contributed by atoms with Gasteiger partial charge < -0.3 is 9.64 Å². The first-order chi connectivity index (χ1) is 14.4. The molecule has 1 unspecified atom stereocenters. The van der Waals surface area contributed by atoms with Gasteiger partial charge in [0.2, 0.25) is 11.8 Å². The predicted molar refractivity (Wildman–Crippen MR) is 112 cm³/mol. The zero-order valence-corrected chi connectivity index (χ0v) is 18.0. The van der Waals surface area contributed by atoms with Crippen LogP contribution in [0.25, 0.3) is 0 Å². The van der Waals surface area contributed by atoms with Crippen molar-refractivity contribution < 1.29 is 19.1 Å². The van der Waals surface area contributed by atoms with E-state index < -0.39 is 6.04 Å². The molecule has 30 heavy (non-hydrogen) atoms. The smallest absolute Gasteiger partial charge is 0.255 e. The van der Waals surface area contributed by atoms with E-state index in [0.717, 1.165) is 37.2 Å². The molecule has 3 aliphatic rings. The van der Waals surface area contributed by atoms with Gasteiger partial charge in [-0.2, -0.15) is 0 Å². The molecular formula is C23H31N3O4. The van der Waals surface area contributed by atoms with Gasteiger partial charge in [-0.15, -0.1) is 0 Å². The summed E-state index contributed by atoms with van der Waals surface area (Å²) in [5, 5.41) is 2.34. The summed E-state index contributed by atoms with van der Waals surface area (Å²) < 4.78 is 6.42. The fourth-order valence-electron chi connectivity index (χ4n) is 5.30. The van der Waals surface area contributed by atoms with Gasteiger partial charge in [0.25, 0.3) is 5.91 Å². The first-order valence-electron chi connectivity index (χ1n) is 11.1. The zero-order valence-electron chi connectivity index (χ0n) is 18.0. The molecule has 1 saturated carbocycles. The van der Waals surface area contributed by atoms with Gasteiger partial charge in [-0.1, -0.05) is 20.8 Å². The van der Waals surface area contributed by atoms with Crippen molar-refractivity contribution in [1.82, 2.24) is 15.1 Å². The van der Waals surface area contributed by atoms with Crippen molar-refractivity contribution in [3.8, 4) is 5.75 Å². The van der Waals surface area contributed by atoms with Crippen LogP contribution in [0, 0.1) is 5.92 Å². The Hall–Kier alpha value is -2.41. The number of rotatable bonds is 6. The number of benzene rings is 1. The van der Waals surface area contributed by atoms with Crippen molar-refractivity contribution in [3.63, 3.8) is 0 Å². The maximum Gasteiger partial charge on any atom is 0.255 e. The quantitative estimate of drug-likeness (QED) is 0.724. The number of amides is 3. The fourth-order valence-corrected chi connectivity index (χ4v) is 5.30. The van der Waals surface area contributed by atoms with Crippen molar-refractivity contribution in [3.05, 3.63) is 29.3 Å². The van der Waals surface area contributed by atoms with E-state index in [1.807, 2.05) is 18.2 Å². The molecule has 2 heterocycles. The highest BCUT2D eigenvalue weighted by atomic mass is 16.5. The van der Waals surface area contributed by atoms with Crippen LogP contribution in [-0.2, 0) is 16.1 Å². The molecule has 1 aliphatic carbocycles. The van der Waals surface area contributed by atoms with Gasteiger partial charge in [-0.05, 0) is 62.0 Å². The lowest BCUT2D eigenvalue weighted by molar-refractivity contribution is -0.136. The van der Waals surface area contributed by atoms with E-state index in [0.29, 0.717) is 30.5 Å². The van der Waals surface area contributed by atoms with Gasteiger partial charge in [-0.3, -0.25) is 24.6 Å². The lowest BCUT2D eigenvalue weighted by Gasteiger charge is -2.34. The van der Waals surface area contributed by atoms with Gasteiger partial charge in [0.05, 0.1) is 0 Å². The van der Waals surface area contributed by atoms with E-state index in [9.17, 15) is 14.4 Å². The molecule has 1 aromatic rings. The Kier molecular flexibility index (Phi) is 5.82. The molecule has 4 rings (SSSR count). The number of nitrogens with one attached hydrogen (secondary N) is 1. The third-order valence-electron chi connectivity index (χ3n) is 6.89. The third kappa shape index (κ3) is 3.71. The number of hydrogen-bond acceptors (Lipinski definition) is 5. The Morgan fingerprint density at radius 2 is 1.90 bits per heavy atom. The zero-order chi connectivity index (χ0) is 21.4. The molecule has 1 N–H and O–H groups in total. The number of imide groups is 1. The van der Waals surface area contributed by atoms with E-state index in [2.05, 4.69) is 31.0 Å². The van der Waals surface area contributed by atoms with Crippen molar-refractivity contribution in [2.45, 2.75) is 71.2 Å². The van der Waals surface area contributed by atoms with Crippen LogP contribution in [0.1, 0.15) is 62.4 Å². The number of carbonyl (C=O) groups excluding carboxylic acids is 3. The highest BCUT2D eigenvalue weighted by Gasteiger charge is 2.40. The minimum absolute atomic E-state index is 0.140. The van der Waals surface area contributed by atoms with E-state index in [1.165, 1.54) is 0 Å². The highest BCUT2D eigenvalue weighted by molar-refractivity contribution is 6.05. The largest absolute Gasteiger partial charge is 0.489 e. The molecule has 0 radical (unpaired) electrons. The molecule has 1 saturated heterocycles. The van der Waals surface area contributed by atoms with Crippen LogP contribution in [0.2, 0.25) is 0 Å². The molecule has 0 spiro atoms. The number of likely N-dealkylation sites (N-methyl/N-ethyl adjacent to an activating group) is 1. The minimum atomic E-state index is -0.588. The molecule has 4 atom stereocenters. The van der Waals surface area contributed by atoms with Crippen LogP contribution in [-0.4, -0.2) is 58.8 Å². The second-order valence-electron chi connectivity index (χ2n) is 8.64. The average molecular weight is 414 g/mol. The Morgan fingerprint density at radius 3 is 2.60 bits per heavy atom. The molecule has 0 aromatic heterocycles. The fraction of sp³-hybridized carbons (Fsp3) is 0.609. The molecule has 2 aliphatic heterocycles. The van der Waals surface area contributed by atoms with E-state index in [-0.39, 0.29) is 30.2 Å². The lowest BCUT2D eigenvalue weighted by Crippen LogP contribution is -2.52. The van der Waals surface area contributed by atoms with Crippen LogP contribution < -0.4 is 10.1 Å². The van der Waals surface area contributed by atoms with Crippen molar-refractivity contribution >= 4 is 17.7 Å². The SMILES string of the molecule is CCN(CC)[C@@H]1[C@@H](C)CC[C@H]1Oc1ccc2c(c1)CN(C1CCC(=O)NC1=O)C2=O. The average Bonchev–Trinajstić information content (AvgIpc) is 3.23. The Balaban J connectivity index is 1.49. The number of ether oxygens (including phenoxy) is 1. The second-order valence-corrected chi connectivity index (χ2v) is 8.64. The summed E-state index contributed by atoms with van der Waals surface area (Å²) in [5.74, 6) is 0.564. The van der Waals surface area contributed by atoms with Gasteiger partial charge in [0.15, 0.2) is 0 Å². The Morgan fingerprint density at radius 1 is 1.13 bits per heavy atom. The van der Waals surface area contributed by atoms with Crippen molar-refractivity contribution in [2.24, 2.45) is 5.92 Å². The van der Waals surface area contributed by atoms with Gasteiger partial charge in [0.1, 0.15) is 17.9 Å². The molecule has 162 valence electrons.